The van der Waals surface area contributed by atoms with Gasteiger partial charge in [0.05, 0.1) is 29.1 Å². The van der Waals surface area contributed by atoms with Crippen LogP contribution in [0.3, 0.4) is 0 Å². The van der Waals surface area contributed by atoms with Gasteiger partial charge in [0.25, 0.3) is 5.91 Å². The summed E-state index contributed by atoms with van der Waals surface area (Å²) in [6.45, 7) is 12.1. The van der Waals surface area contributed by atoms with E-state index in [-0.39, 0.29) is 11.3 Å². The number of hydrogen-bond donors (Lipinski definition) is 0. The topological polar surface area (TPSA) is 60.3 Å². The molecule has 1 amide bonds. The van der Waals surface area contributed by atoms with E-state index in [1.54, 1.807) is 18.4 Å². The highest BCUT2D eigenvalue weighted by atomic mass is 32.1. The number of aromatic nitrogens is 3. The summed E-state index contributed by atoms with van der Waals surface area (Å²) in [4.78, 5) is 20.6. The highest BCUT2D eigenvalue weighted by Crippen LogP contribution is 2.36. The Kier molecular flexibility index (Phi) is 6.36. The molecule has 0 bridgehead atoms. The van der Waals surface area contributed by atoms with Crippen molar-refractivity contribution in [2.45, 2.75) is 58.8 Å². The van der Waals surface area contributed by atoms with Crippen molar-refractivity contribution >= 4 is 17.2 Å². The molecule has 4 rings (SSSR count). The number of rotatable bonds is 4. The van der Waals surface area contributed by atoms with Gasteiger partial charge in [0.2, 0.25) is 0 Å². The van der Waals surface area contributed by atoms with Gasteiger partial charge in [0.1, 0.15) is 5.75 Å². The van der Waals surface area contributed by atoms with Crippen LogP contribution >= 0.6 is 11.3 Å². The van der Waals surface area contributed by atoms with Crippen LogP contribution in [0.4, 0.5) is 0 Å². The lowest BCUT2D eigenvalue weighted by Crippen LogP contribution is -2.38. The Labute approximate surface area is 200 Å². The number of hydrogen-bond acceptors (Lipinski definition) is 5. The average Bonchev–Trinajstić information content (AvgIpc) is 3.38. The molecule has 6 nitrogen and oxygen atoms in total. The minimum atomic E-state index is 0.0551. The summed E-state index contributed by atoms with van der Waals surface area (Å²) >= 11 is 1.76. The van der Waals surface area contributed by atoms with Gasteiger partial charge in [0.15, 0.2) is 0 Å². The minimum absolute atomic E-state index is 0.0551. The van der Waals surface area contributed by atoms with Crippen molar-refractivity contribution < 1.29 is 9.53 Å². The molecule has 0 saturated carbocycles. The Morgan fingerprint density at radius 2 is 1.88 bits per heavy atom. The third kappa shape index (κ3) is 4.56. The first-order valence-corrected chi connectivity index (χ1v) is 12.4. The van der Waals surface area contributed by atoms with Gasteiger partial charge in [-0.2, -0.15) is 5.10 Å². The Morgan fingerprint density at radius 3 is 2.42 bits per heavy atom. The number of thiazole rings is 1. The summed E-state index contributed by atoms with van der Waals surface area (Å²) in [6, 6.07) is 5.77. The first-order valence-electron chi connectivity index (χ1n) is 11.5. The number of ether oxygens (including phenoxy) is 1. The zero-order valence-electron chi connectivity index (χ0n) is 20.7. The summed E-state index contributed by atoms with van der Waals surface area (Å²) in [6.07, 6.45) is 1.88. The van der Waals surface area contributed by atoms with Crippen molar-refractivity contribution in [1.82, 2.24) is 19.7 Å². The van der Waals surface area contributed by atoms with E-state index >= 15 is 0 Å². The van der Waals surface area contributed by atoms with Crippen molar-refractivity contribution in [1.29, 1.82) is 0 Å². The van der Waals surface area contributed by atoms with Crippen LogP contribution in [0.15, 0.2) is 23.6 Å². The maximum Gasteiger partial charge on any atom is 0.254 e. The van der Waals surface area contributed by atoms with Crippen LogP contribution in [0.25, 0.3) is 11.1 Å². The molecule has 3 aromatic rings. The number of carbonyl (C=O) groups excluding carboxylic acids is 1. The van der Waals surface area contributed by atoms with E-state index in [1.165, 1.54) is 5.01 Å². The lowest BCUT2D eigenvalue weighted by molar-refractivity contribution is 0.0713. The molecule has 1 aliphatic heterocycles. The fraction of sp³-hybridized carbons (Fsp3) is 0.500. The molecule has 33 heavy (non-hydrogen) atoms. The molecule has 1 fully saturated rings. The first-order chi connectivity index (χ1) is 15.6. The molecular formula is C26H34N4O2S. The Balaban J connectivity index is 1.57. The summed E-state index contributed by atoms with van der Waals surface area (Å²) in [5.74, 6) is 1.16. The van der Waals surface area contributed by atoms with Crippen molar-refractivity contribution in [3.63, 3.8) is 0 Å². The van der Waals surface area contributed by atoms with Gasteiger partial charge in [-0.15, -0.1) is 11.3 Å². The molecule has 176 valence electrons. The molecule has 3 heterocycles. The van der Waals surface area contributed by atoms with E-state index in [0.29, 0.717) is 17.2 Å². The fourth-order valence-corrected chi connectivity index (χ4v) is 5.75. The molecule has 0 N–H and O–H groups in total. The fourth-order valence-electron chi connectivity index (χ4n) is 4.53. The number of nitrogens with zero attached hydrogens (tertiary/aromatic N) is 4. The van der Waals surface area contributed by atoms with E-state index in [4.69, 9.17) is 9.72 Å². The monoisotopic (exact) mass is 466 g/mol. The normalized spacial score (nSPS) is 15.2. The van der Waals surface area contributed by atoms with E-state index in [9.17, 15) is 4.79 Å². The van der Waals surface area contributed by atoms with Gasteiger partial charge >= 0.3 is 0 Å². The number of benzene rings is 1. The Bertz CT molecular complexity index is 1160. The predicted octanol–water partition coefficient (Wildman–Crippen LogP) is 5.49. The standard InChI is InChI=1S/C26H34N4O2S/c1-16-23(17(2)29(6)28-16)20-9-8-19(32-7)14-21(20)25(31)30-12-10-18(11-13-30)24-27-22(15-33-24)26(3,4)5/h8-9,14-15,18H,10-13H2,1-7H3. The third-order valence-electron chi connectivity index (χ3n) is 6.66. The Morgan fingerprint density at radius 1 is 1.18 bits per heavy atom. The predicted molar refractivity (Wildman–Crippen MR) is 133 cm³/mol. The lowest BCUT2D eigenvalue weighted by atomic mass is 9.92. The van der Waals surface area contributed by atoms with Crippen LogP contribution in [0.5, 0.6) is 5.75 Å². The zero-order chi connectivity index (χ0) is 23.9. The number of methoxy groups -OCH3 is 1. The maximum absolute atomic E-state index is 13.7. The van der Waals surface area contributed by atoms with Crippen molar-refractivity contribution in [2.75, 3.05) is 20.2 Å². The smallest absolute Gasteiger partial charge is 0.254 e. The molecule has 1 aromatic carbocycles. The van der Waals surface area contributed by atoms with Gasteiger partial charge in [-0.3, -0.25) is 9.48 Å². The molecular weight excluding hydrogens is 432 g/mol. The zero-order valence-corrected chi connectivity index (χ0v) is 21.5. The maximum atomic E-state index is 13.7. The molecule has 7 heteroatoms. The van der Waals surface area contributed by atoms with Gasteiger partial charge < -0.3 is 9.64 Å². The molecule has 0 atom stereocenters. The highest BCUT2D eigenvalue weighted by Gasteiger charge is 2.29. The van der Waals surface area contributed by atoms with Crippen LogP contribution in [-0.2, 0) is 12.5 Å². The van der Waals surface area contributed by atoms with Crippen LogP contribution in [0, 0.1) is 13.8 Å². The largest absolute Gasteiger partial charge is 0.497 e. The molecule has 1 saturated heterocycles. The van der Waals surface area contributed by atoms with Crippen molar-refractivity contribution in [3.05, 3.63) is 51.2 Å². The van der Waals surface area contributed by atoms with Gasteiger partial charge in [-0.1, -0.05) is 20.8 Å². The quantitative estimate of drug-likeness (QED) is 0.510. The average molecular weight is 467 g/mol. The summed E-state index contributed by atoms with van der Waals surface area (Å²) < 4.78 is 7.32. The lowest BCUT2D eigenvalue weighted by Gasteiger charge is -2.32. The molecule has 0 aliphatic carbocycles. The second kappa shape index (κ2) is 8.93. The molecule has 0 radical (unpaired) electrons. The van der Waals surface area contributed by atoms with E-state index in [1.807, 2.05) is 48.7 Å². The second-order valence-corrected chi connectivity index (χ2v) is 10.9. The van der Waals surface area contributed by atoms with Crippen molar-refractivity contribution in [3.8, 4) is 16.9 Å². The van der Waals surface area contributed by atoms with Crippen LogP contribution in [-0.4, -0.2) is 45.8 Å². The number of carbonyl (C=O) groups is 1. The molecule has 0 unspecified atom stereocenters. The summed E-state index contributed by atoms with van der Waals surface area (Å²) in [5.41, 5.74) is 5.81. The van der Waals surface area contributed by atoms with E-state index in [0.717, 1.165) is 54.1 Å². The first kappa shape index (κ1) is 23.5. The summed E-state index contributed by atoms with van der Waals surface area (Å²) in [7, 11) is 3.57. The van der Waals surface area contributed by atoms with Crippen LogP contribution in [0.2, 0.25) is 0 Å². The molecule has 0 spiro atoms. The SMILES string of the molecule is COc1ccc(-c2c(C)nn(C)c2C)c(C(=O)N2CCC(c3nc(C(C)(C)C)cs3)CC2)c1. The van der Waals surface area contributed by atoms with Gasteiger partial charge in [0, 0.05) is 48.1 Å². The van der Waals surface area contributed by atoms with Crippen LogP contribution < -0.4 is 4.74 Å². The number of amides is 1. The number of piperidine rings is 1. The van der Waals surface area contributed by atoms with Gasteiger partial charge in [-0.25, -0.2) is 4.98 Å². The second-order valence-electron chi connectivity index (χ2n) is 9.97. The van der Waals surface area contributed by atoms with Crippen LogP contribution in [0.1, 0.15) is 72.0 Å². The number of likely N-dealkylation sites (tertiary alicyclic amines) is 1. The van der Waals surface area contributed by atoms with Crippen molar-refractivity contribution in [2.24, 2.45) is 7.05 Å². The third-order valence-corrected chi connectivity index (χ3v) is 7.66. The van der Waals surface area contributed by atoms with Gasteiger partial charge in [-0.05, 0) is 50.5 Å². The van der Waals surface area contributed by atoms with E-state index < -0.39 is 0 Å². The minimum Gasteiger partial charge on any atom is -0.497 e. The Hall–Kier alpha value is -2.67. The molecule has 1 aliphatic rings. The highest BCUT2D eigenvalue weighted by molar-refractivity contribution is 7.09. The van der Waals surface area contributed by atoms with E-state index in [2.05, 4.69) is 31.2 Å². The summed E-state index contributed by atoms with van der Waals surface area (Å²) in [5, 5.41) is 7.95. The molecule has 2 aromatic heterocycles. The number of aryl methyl sites for hydroxylation is 2.